The molecule has 0 spiro atoms. The predicted molar refractivity (Wildman–Crippen MR) is 85.6 cm³/mol. The van der Waals surface area contributed by atoms with E-state index in [1.165, 1.54) is 16.7 Å². The van der Waals surface area contributed by atoms with E-state index in [0.29, 0.717) is 24.4 Å². The molecule has 0 bridgehead atoms. The standard InChI is InChI=1S/C14H27N3O3S/c1-9(2)16(10(3)4)7-6-15-14(20)17-11(5)21-8-12(17)13(18)19/h9-12H,6-8H2,1-5H3,(H,15,20)(H,18,19). The van der Waals surface area contributed by atoms with Crippen LogP contribution >= 0.6 is 11.8 Å². The number of aliphatic carboxylic acids is 1. The fraction of sp³-hybridized carbons (Fsp3) is 0.857. The molecule has 2 unspecified atom stereocenters. The van der Waals surface area contributed by atoms with E-state index >= 15 is 0 Å². The second kappa shape index (κ2) is 7.89. The number of thioether (sulfide) groups is 1. The van der Waals surface area contributed by atoms with E-state index in [2.05, 4.69) is 37.9 Å². The van der Waals surface area contributed by atoms with Gasteiger partial charge in [0.15, 0.2) is 0 Å². The minimum absolute atomic E-state index is 0.0996. The molecule has 21 heavy (non-hydrogen) atoms. The maximum Gasteiger partial charge on any atom is 0.327 e. The highest BCUT2D eigenvalue weighted by Gasteiger charge is 2.39. The van der Waals surface area contributed by atoms with Crippen molar-refractivity contribution < 1.29 is 14.7 Å². The number of hydrogen-bond acceptors (Lipinski definition) is 4. The van der Waals surface area contributed by atoms with Gasteiger partial charge in [-0.25, -0.2) is 9.59 Å². The van der Waals surface area contributed by atoms with Crippen molar-refractivity contribution >= 4 is 23.8 Å². The summed E-state index contributed by atoms with van der Waals surface area (Å²) in [7, 11) is 0. The third-order valence-corrected chi connectivity index (χ3v) is 4.93. The number of carbonyl (C=O) groups is 2. The number of carboxylic acids is 1. The minimum atomic E-state index is -0.937. The molecule has 2 amide bonds. The third kappa shape index (κ3) is 4.78. The lowest BCUT2D eigenvalue weighted by Crippen LogP contribution is -2.51. The Bertz CT molecular complexity index is 368. The molecule has 122 valence electrons. The van der Waals surface area contributed by atoms with Crippen LogP contribution in [0.5, 0.6) is 0 Å². The summed E-state index contributed by atoms with van der Waals surface area (Å²) in [4.78, 5) is 27.1. The van der Waals surface area contributed by atoms with Gasteiger partial charge in [0.2, 0.25) is 0 Å². The van der Waals surface area contributed by atoms with Crippen molar-refractivity contribution in [3.63, 3.8) is 0 Å². The Hall–Kier alpha value is -0.950. The molecular weight excluding hydrogens is 290 g/mol. The summed E-state index contributed by atoms with van der Waals surface area (Å²) >= 11 is 1.49. The van der Waals surface area contributed by atoms with Gasteiger partial charge in [-0.05, 0) is 34.6 Å². The second-order valence-electron chi connectivity index (χ2n) is 5.85. The molecule has 2 atom stereocenters. The summed E-state index contributed by atoms with van der Waals surface area (Å²) in [6, 6.07) is -0.187. The molecule has 0 aromatic heterocycles. The highest BCUT2D eigenvalue weighted by Crippen LogP contribution is 2.28. The van der Waals surface area contributed by atoms with Crippen LogP contribution in [-0.4, -0.2) is 69.2 Å². The number of nitrogens with zero attached hydrogens (tertiary/aromatic N) is 2. The first-order valence-electron chi connectivity index (χ1n) is 7.42. The summed E-state index contributed by atoms with van der Waals surface area (Å²) in [5.74, 6) is -0.485. The Morgan fingerprint density at radius 2 is 1.90 bits per heavy atom. The second-order valence-corrected chi connectivity index (χ2v) is 7.20. The van der Waals surface area contributed by atoms with Gasteiger partial charge in [-0.3, -0.25) is 9.80 Å². The third-order valence-electron chi connectivity index (χ3n) is 3.72. The molecule has 0 aliphatic carbocycles. The molecule has 1 saturated heterocycles. The topological polar surface area (TPSA) is 72.9 Å². The normalized spacial score (nSPS) is 22.4. The molecule has 2 N–H and O–H groups in total. The maximum atomic E-state index is 12.2. The quantitative estimate of drug-likeness (QED) is 0.779. The first kappa shape index (κ1) is 18.1. The van der Waals surface area contributed by atoms with Gasteiger partial charge >= 0.3 is 12.0 Å². The molecule has 0 aromatic rings. The van der Waals surface area contributed by atoms with Crippen LogP contribution in [0.1, 0.15) is 34.6 Å². The van der Waals surface area contributed by atoms with Crippen molar-refractivity contribution in [3.05, 3.63) is 0 Å². The van der Waals surface area contributed by atoms with Gasteiger partial charge in [-0.2, -0.15) is 0 Å². The van der Waals surface area contributed by atoms with Crippen molar-refractivity contribution in [3.8, 4) is 0 Å². The number of carbonyl (C=O) groups excluding carboxylic acids is 1. The van der Waals surface area contributed by atoms with Crippen LogP contribution in [0.4, 0.5) is 4.79 Å². The minimum Gasteiger partial charge on any atom is -0.480 e. The van der Waals surface area contributed by atoms with Gasteiger partial charge in [-0.15, -0.1) is 11.8 Å². The largest absolute Gasteiger partial charge is 0.480 e. The fourth-order valence-electron chi connectivity index (χ4n) is 2.64. The Balaban J connectivity index is 2.51. The first-order valence-corrected chi connectivity index (χ1v) is 8.46. The zero-order valence-corrected chi connectivity index (χ0v) is 14.3. The summed E-state index contributed by atoms with van der Waals surface area (Å²) in [6.45, 7) is 11.6. The number of carboxylic acid groups (broad SMARTS) is 1. The van der Waals surface area contributed by atoms with Crippen molar-refractivity contribution in [2.75, 3.05) is 18.8 Å². The monoisotopic (exact) mass is 317 g/mol. The van der Waals surface area contributed by atoms with Crippen molar-refractivity contribution in [2.24, 2.45) is 0 Å². The molecule has 0 radical (unpaired) electrons. The van der Waals surface area contributed by atoms with Crippen LogP contribution in [0.15, 0.2) is 0 Å². The molecule has 0 saturated carbocycles. The molecule has 1 aliphatic heterocycles. The molecule has 6 nitrogen and oxygen atoms in total. The number of nitrogens with one attached hydrogen (secondary N) is 1. The maximum absolute atomic E-state index is 12.2. The smallest absolute Gasteiger partial charge is 0.327 e. The molecule has 7 heteroatoms. The van der Waals surface area contributed by atoms with Gasteiger partial charge in [0.25, 0.3) is 0 Å². The summed E-state index contributed by atoms with van der Waals surface area (Å²) < 4.78 is 0. The Labute approximate surface area is 131 Å². The van der Waals surface area contributed by atoms with Crippen molar-refractivity contribution in [1.82, 2.24) is 15.1 Å². The zero-order chi connectivity index (χ0) is 16.2. The van der Waals surface area contributed by atoms with Gasteiger partial charge < -0.3 is 10.4 Å². The van der Waals surface area contributed by atoms with Gasteiger partial charge in [-0.1, -0.05) is 0 Å². The summed E-state index contributed by atoms with van der Waals surface area (Å²) in [5.41, 5.74) is 0. The first-order chi connectivity index (χ1) is 9.75. The van der Waals surface area contributed by atoms with E-state index in [1.807, 2.05) is 6.92 Å². The molecule has 1 aliphatic rings. The average Bonchev–Trinajstić information content (AvgIpc) is 2.75. The SMILES string of the molecule is CC(C)N(CCNC(=O)N1C(C)SCC1C(=O)O)C(C)C. The highest BCUT2D eigenvalue weighted by molar-refractivity contribution is 8.00. The summed E-state index contributed by atoms with van der Waals surface area (Å²) in [6.07, 6.45) is 0. The van der Waals surface area contributed by atoms with E-state index in [4.69, 9.17) is 5.11 Å². The molecule has 1 fully saturated rings. The molecule has 0 aromatic carbocycles. The lowest BCUT2D eigenvalue weighted by atomic mass is 10.2. The van der Waals surface area contributed by atoms with Crippen LogP contribution in [0.2, 0.25) is 0 Å². The average molecular weight is 317 g/mol. The number of amides is 2. The fourth-order valence-corrected chi connectivity index (χ4v) is 3.80. The van der Waals surface area contributed by atoms with Crippen LogP contribution in [0, 0.1) is 0 Å². The van der Waals surface area contributed by atoms with Gasteiger partial charge in [0, 0.05) is 30.9 Å². The molecule has 1 heterocycles. The van der Waals surface area contributed by atoms with E-state index in [0.717, 1.165) is 6.54 Å². The number of urea groups is 1. The van der Waals surface area contributed by atoms with Crippen LogP contribution < -0.4 is 5.32 Å². The molecule has 1 rings (SSSR count). The molecular formula is C14H27N3O3S. The van der Waals surface area contributed by atoms with Crippen LogP contribution in [0.3, 0.4) is 0 Å². The highest BCUT2D eigenvalue weighted by atomic mass is 32.2. The number of hydrogen-bond donors (Lipinski definition) is 2. The van der Waals surface area contributed by atoms with Crippen LogP contribution in [-0.2, 0) is 4.79 Å². The van der Waals surface area contributed by atoms with Gasteiger partial charge in [0.05, 0.1) is 5.37 Å². The number of rotatable bonds is 6. The lowest BCUT2D eigenvalue weighted by Gasteiger charge is -2.31. The van der Waals surface area contributed by atoms with Crippen molar-refractivity contribution in [1.29, 1.82) is 0 Å². The predicted octanol–water partition coefficient (Wildman–Crippen LogP) is 1.66. The van der Waals surface area contributed by atoms with E-state index < -0.39 is 12.0 Å². The van der Waals surface area contributed by atoms with Crippen LogP contribution in [0.25, 0.3) is 0 Å². The van der Waals surface area contributed by atoms with E-state index in [9.17, 15) is 9.59 Å². The Morgan fingerprint density at radius 1 is 1.33 bits per heavy atom. The Kier molecular flexibility index (Phi) is 6.80. The van der Waals surface area contributed by atoms with E-state index in [-0.39, 0.29) is 11.4 Å². The zero-order valence-electron chi connectivity index (χ0n) is 13.5. The van der Waals surface area contributed by atoms with Crippen molar-refractivity contribution in [2.45, 2.75) is 58.1 Å². The van der Waals surface area contributed by atoms with E-state index in [1.54, 1.807) is 0 Å². The summed E-state index contributed by atoms with van der Waals surface area (Å²) in [5, 5.41) is 11.9. The van der Waals surface area contributed by atoms with Gasteiger partial charge in [0.1, 0.15) is 6.04 Å². The Morgan fingerprint density at radius 3 is 2.38 bits per heavy atom. The lowest BCUT2D eigenvalue weighted by molar-refractivity contribution is -0.141.